The van der Waals surface area contributed by atoms with Crippen molar-refractivity contribution in [2.45, 2.75) is 19.8 Å². The van der Waals surface area contributed by atoms with E-state index in [1.165, 1.54) is 6.42 Å². The molecule has 0 bridgehead atoms. The van der Waals surface area contributed by atoms with Crippen molar-refractivity contribution in [1.29, 1.82) is 0 Å². The van der Waals surface area contributed by atoms with Crippen LogP contribution in [0.5, 0.6) is 0 Å². The topological polar surface area (TPSA) is 17.1 Å². The van der Waals surface area contributed by atoms with E-state index < -0.39 is 0 Å². The van der Waals surface area contributed by atoms with Crippen LogP contribution in [0.3, 0.4) is 0 Å². The van der Waals surface area contributed by atoms with Crippen molar-refractivity contribution >= 4 is 5.78 Å². The van der Waals surface area contributed by atoms with Crippen molar-refractivity contribution in [3.63, 3.8) is 0 Å². The van der Waals surface area contributed by atoms with Crippen molar-refractivity contribution in [3.05, 3.63) is 48.0 Å². The van der Waals surface area contributed by atoms with Crippen LogP contribution in [0, 0.1) is 17.3 Å². The Bertz CT molecular complexity index is 446. The van der Waals surface area contributed by atoms with Crippen LogP contribution in [-0.4, -0.2) is 5.78 Å². The molecular formula is C15H16O. The Labute approximate surface area is 96.2 Å². The lowest BCUT2D eigenvalue weighted by atomic mass is 9.92. The number of benzene rings is 1. The van der Waals surface area contributed by atoms with Crippen LogP contribution >= 0.6 is 0 Å². The molecule has 1 heteroatoms. The zero-order valence-electron chi connectivity index (χ0n) is 9.52. The molecule has 1 saturated carbocycles. The molecule has 82 valence electrons. The molecule has 1 aromatic carbocycles. The van der Waals surface area contributed by atoms with Gasteiger partial charge in [0, 0.05) is 11.0 Å². The number of hydrogen-bond acceptors (Lipinski definition) is 1. The van der Waals surface area contributed by atoms with Crippen molar-refractivity contribution in [1.82, 2.24) is 0 Å². The molecule has 16 heavy (non-hydrogen) atoms. The first kappa shape index (κ1) is 9.83. The lowest BCUT2D eigenvalue weighted by Crippen LogP contribution is -2.15. The largest absolute Gasteiger partial charge is 0.294 e. The number of carbonyl (C=O) groups excluding carboxylic acids is 1. The first-order valence-corrected chi connectivity index (χ1v) is 6.01. The van der Waals surface area contributed by atoms with E-state index in [0.29, 0.717) is 17.6 Å². The number of Topliss-reactive ketones (excluding diaryl/α,β-unsaturated/α-hetero) is 1. The molecule has 0 amide bonds. The number of carbonyl (C=O) groups is 1. The van der Waals surface area contributed by atoms with Gasteiger partial charge in [0.05, 0.1) is 0 Å². The molecular weight excluding hydrogens is 196 g/mol. The monoisotopic (exact) mass is 212 g/mol. The molecule has 1 aromatic rings. The molecule has 0 saturated heterocycles. The van der Waals surface area contributed by atoms with E-state index >= 15 is 0 Å². The Morgan fingerprint density at radius 1 is 1.31 bits per heavy atom. The van der Waals surface area contributed by atoms with Gasteiger partial charge in [-0.1, -0.05) is 49.4 Å². The van der Waals surface area contributed by atoms with Gasteiger partial charge >= 0.3 is 0 Å². The highest BCUT2D eigenvalue weighted by molar-refractivity contribution is 6.03. The van der Waals surface area contributed by atoms with Crippen LogP contribution in [0.15, 0.2) is 42.5 Å². The highest BCUT2D eigenvalue weighted by atomic mass is 16.1. The SMILES string of the molecule is CC1(C(=O)c2ccccc2)C2C=CCCC21. The molecule has 0 radical (unpaired) electrons. The molecule has 3 atom stereocenters. The molecule has 1 nitrogen and oxygen atoms in total. The van der Waals surface area contributed by atoms with Gasteiger partial charge in [-0.25, -0.2) is 0 Å². The fourth-order valence-corrected chi connectivity index (χ4v) is 3.19. The molecule has 0 heterocycles. The highest BCUT2D eigenvalue weighted by Gasteiger charge is 2.64. The van der Waals surface area contributed by atoms with E-state index in [4.69, 9.17) is 0 Å². The highest BCUT2D eigenvalue weighted by Crippen LogP contribution is 2.64. The summed E-state index contributed by atoms with van der Waals surface area (Å²) in [7, 11) is 0. The minimum Gasteiger partial charge on any atom is -0.294 e. The molecule has 0 spiro atoms. The molecule has 0 aromatic heterocycles. The molecule has 1 fully saturated rings. The van der Waals surface area contributed by atoms with Gasteiger partial charge in [-0.2, -0.15) is 0 Å². The maximum absolute atomic E-state index is 12.5. The quantitative estimate of drug-likeness (QED) is 0.542. The summed E-state index contributed by atoms with van der Waals surface area (Å²) in [6.07, 6.45) is 6.79. The Morgan fingerprint density at radius 3 is 2.69 bits per heavy atom. The standard InChI is InChI=1S/C15H16O/c1-15(12-9-5-6-10-13(12)15)14(16)11-7-3-2-4-8-11/h2-5,7-9,12-13H,6,10H2,1H3. The number of rotatable bonds is 2. The number of fused-ring (bicyclic) bond motifs is 1. The van der Waals surface area contributed by atoms with Crippen LogP contribution in [0.1, 0.15) is 30.1 Å². The maximum Gasteiger partial charge on any atom is 0.169 e. The Kier molecular flexibility index (Phi) is 2.03. The molecule has 3 unspecified atom stereocenters. The first-order chi connectivity index (χ1) is 7.74. The van der Waals surface area contributed by atoms with Crippen LogP contribution in [0.25, 0.3) is 0 Å². The molecule has 0 aliphatic heterocycles. The lowest BCUT2D eigenvalue weighted by molar-refractivity contribution is 0.0894. The van der Waals surface area contributed by atoms with Crippen LogP contribution in [0.4, 0.5) is 0 Å². The van der Waals surface area contributed by atoms with E-state index in [-0.39, 0.29) is 5.41 Å². The summed E-state index contributed by atoms with van der Waals surface area (Å²) >= 11 is 0. The second-order valence-electron chi connectivity index (χ2n) is 5.12. The summed E-state index contributed by atoms with van der Waals surface area (Å²) in [6.45, 7) is 2.13. The molecule has 0 N–H and O–H groups in total. The van der Waals surface area contributed by atoms with Gasteiger partial charge in [-0.3, -0.25) is 4.79 Å². The second kappa shape index (κ2) is 3.31. The molecule has 2 aliphatic carbocycles. The number of ketones is 1. The lowest BCUT2D eigenvalue weighted by Gasteiger charge is -2.09. The summed E-state index contributed by atoms with van der Waals surface area (Å²) < 4.78 is 0. The minimum atomic E-state index is -0.117. The third kappa shape index (κ3) is 1.21. The fourth-order valence-electron chi connectivity index (χ4n) is 3.19. The van der Waals surface area contributed by atoms with E-state index in [9.17, 15) is 4.79 Å². The van der Waals surface area contributed by atoms with E-state index in [1.54, 1.807) is 0 Å². The van der Waals surface area contributed by atoms with Crippen molar-refractivity contribution < 1.29 is 4.79 Å². The predicted molar refractivity (Wildman–Crippen MR) is 64.2 cm³/mol. The Morgan fingerprint density at radius 2 is 2.06 bits per heavy atom. The van der Waals surface area contributed by atoms with E-state index in [1.807, 2.05) is 30.3 Å². The minimum absolute atomic E-state index is 0.117. The van der Waals surface area contributed by atoms with Gasteiger partial charge in [-0.05, 0) is 24.7 Å². The van der Waals surface area contributed by atoms with Gasteiger partial charge in [0.15, 0.2) is 5.78 Å². The molecule has 3 rings (SSSR count). The third-order valence-corrected chi connectivity index (χ3v) is 4.30. The first-order valence-electron chi connectivity index (χ1n) is 6.01. The summed E-state index contributed by atoms with van der Waals surface area (Å²) in [6, 6.07) is 9.71. The van der Waals surface area contributed by atoms with E-state index in [2.05, 4.69) is 19.1 Å². The van der Waals surface area contributed by atoms with Gasteiger partial charge < -0.3 is 0 Å². The zero-order chi connectivity index (χ0) is 11.2. The van der Waals surface area contributed by atoms with Crippen LogP contribution in [0.2, 0.25) is 0 Å². The summed E-state index contributed by atoms with van der Waals surface area (Å²) in [5.74, 6) is 1.41. The smallest absolute Gasteiger partial charge is 0.169 e. The summed E-state index contributed by atoms with van der Waals surface area (Å²) in [5.41, 5.74) is 0.752. The number of hydrogen-bond donors (Lipinski definition) is 0. The summed E-state index contributed by atoms with van der Waals surface area (Å²) in [5, 5.41) is 0. The van der Waals surface area contributed by atoms with Gasteiger partial charge in [0.1, 0.15) is 0 Å². The second-order valence-corrected chi connectivity index (χ2v) is 5.12. The van der Waals surface area contributed by atoms with Crippen LogP contribution in [-0.2, 0) is 0 Å². The summed E-state index contributed by atoms with van der Waals surface area (Å²) in [4.78, 5) is 12.5. The predicted octanol–water partition coefficient (Wildman–Crippen LogP) is 3.47. The van der Waals surface area contributed by atoms with Crippen molar-refractivity contribution in [3.8, 4) is 0 Å². The Balaban J connectivity index is 1.90. The Hall–Kier alpha value is -1.37. The maximum atomic E-state index is 12.5. The van der Waals surface area contributed by atoms with E-state index in [0.717, 1.165) is 12.0 Å². The zero-order valence-corrected chi connectivity index (χ0v) is 9.52. The average molecular weight is 212 g/mol. The third-order valence-electron chi connectivity index (χ3n) is 4.30. The van der Waals surface area contributed by atoms with Gasteiger partial charge in [0.25, 0.3) is 0 Å². The van der Waals surface area contributed by atoms with Crippen LogP contribution < -0.4 is 0 Å². The van der Waals surface area contributed by atoms with Gasteiger partial charge in [-0.15, -0.1) is 0 Å². The van der Waals surface area contributed by atoms with Crippen molar-refractivity contribution in [2.75, 3.05) is 0 Å². The van der Waals surface area contributed by atoms with Crippen molar-refractivity contribution in [2.24, 2.45) is 17.3 Å². The number of allylic oxidation sites excluding steroid dienone is 2. The van der Waals surface area contributed by atoms with Gasteiger partial charge in [0.2, 0.25) is 0 Å². The average Bonchev–Trinajstić information content (AvgIpc) is 2.98. The molecule has 2 aliphatic rings. The fraction of sp³-hybridized carbons (Fsp3) is 0.400. The normalized spacial score (nSPS) is 35.6.